The van der Waals surface area contributed by atoms with Gasteiger partial charge in [-0.1, -0.05) is 19.1 Å². The third-order valence-corrected chi connectivity index (χ3v) is 2.64. The van der Waals surface area contributed by atoms with Crippen LogP contribution in [0.15, 0.2) is 24.3 Å². The smallest absolute Gasteiger partial charge is 0.269 e. The van der Waals surface area contributed by atoms with E-state index < -0.39 is 4.92 Å². The maximum absolute atomic E-state index is 11.7. The van der Waals surface area contributed by atoms with E-state index in [1.165, 1.54) is 12.1 Å². The molecule has 1 aromatic carbocycles. The average Bonchev–Trinajstić information content (AvgIpc) is 2.37. The van der Waals surface area contributed by atoms with Gasteiger partial charge in [0.2, 0.25) is 5.91 Å². The Kier molecular flexibility index (Phi) is 5.95. The van der Waals surface area contributed by atoms with Crippen molar-refractivity contribution < 1.29 is 9.72 Å². The number of nitrogens with one attached hydrogen (secondary N) is 2. The molecule has 0 heterocycles. The van der Waals surface area contributed by atoms with E-state index in [9.17, 15) is 14.9 Å². The highest BCUT2D eigenvalue weighted by Crippen LogP contribution is 2.13. The molecule has 19 heavy (non-hydrogen) atoms. The highest BCUT2D eigenvalue weighted by atomic mass is 16.6. The Bertz CT molecular complexity index is 449. The lowest BCUT2D eigenvalue weighted by molar-refractivity contribution is -0.384. The number of rotatable bonds is 7. The number of nitro benzene ring substituents is 1. The lowest BCUT2D eigenvalue weighted by Crippen LogP contribution is -2.39. The predicted octanol–water partition coefficient (Wildman–Crippen LogP) is 1.25. The van der Waals surface area contributed by atoms with Gasteiger partial charge in [-0.25, -0.2) is 0 Å². The second-order valence-electron chi connectivity index (χ2n) is 4.37. The fourth-order valence-corrected chi connectivity index (χ4v) is 1.72. The van der Waals surface area contributed by atoms with Gasteiger partial charge in [0, 0.05) is 24.7 Å². The molecular formula is C13H19N3O3. The third kappa shape index (κ3) is 5.48. The van der Waals surface area contributed by atoms with Crippen molar-refractivity contribution in [1.82, 2.24) is 10.6 Å². The molecule has 0 fully saturated rings. The molecule has 6 nitrogen and oxygen atoms in total. The number of nitro groups is 1. The molecule has 0 aliphatic rings. The maximum atomic E-state index is 11.7. The second-order valence-corrected chi connectivity index (χ2v) is 4.37. The molecule has 0 unspecified atom stereocenters. The molecule has 0 bridgehead atoms. The van der Waals surface area contributed by atoms with Crippen LogP contribution in [0.1, 0.15) is 19.4 Å². The molecule has 0 saturated heterocycles. The first kappa shape index (κ1) is 15.1. The zero-order valence-corrected chi connectivity index (χ0v) is 11.2. The third-order valence-electron chi connectivity index (χ3n) is 2.64. The number of hydrogen-bond acceptors (Lipinski definition) is 4. The number of non-ortho nitro benzene ring substituents is 1. The summed E-state index contributed by atoms with van der Waals surface area (Å²) < 4.78 is 0. The Morgan fingerprint density at radius 3 is 2.84 bits per heavy atom. The molecule has 0 aliphatic carbocycles. The monoisotopic (exact) mass is 265 g/mol. The summed E-state index contributed by atoms with van der Waals surface area (Å²) in [7, 11) is 0. The number of hydrogen-bond donors (Lipinski definition) is 2. The summed E-state index contributed by atoms with van der Waals surface area (Å²) in [5, 5.41) is 16.6. The van der Waals surface area contributed by atoms with E-state index in [0.717, 1.165) is 6.54 Å². The average molecular weight is 265 g/mol. The number of nitrogens with zero attached hydrogens (tertiary/aromatic N) is 1. The first-order valence-electron chi connectivity index (χ1n) is 6.26. The van der Waals surface area contributed by atoms with E-state index in [0.29, 0.717) is 12.1 Å². The van der Waals surface area contributed by atoms with Crippen LogP contribution in [0.4, 0.5) is 5.69 Å². The van der Waals surface area contributed by atoms with Crippen molar-refractivity contribution >= 4 is 11.6 Å². The molecule has 6 heteroatoms. The standard InChI is InChI=1S/C13H19N3O3/c1-3-14-10(2)9-15-13(17)8-11-5-4-6-12(7-11)16(18)19/h4-7,10,14H,3,8-9H2,1-2H3,(H,15,17)/t10-/m1/s1. The van der Waals surface area contributed by atoms with Gasteiger partial charge in [0.15, 0.2) is 0 Å². The van der Waals surface area contributed by atoms with Crippen LogP contribution in [-0.2, 0) is 11.2 Å². The summed E-state index contributed by atoms with van der Waals surface area (Å²) in [4.78, 5) is 21.9. The number of likely N-dealkylation sites (N-methyl/N-ethyl adjacent to an activating group) is 1. The second kappa shape index (κ2) is 7.48. The van der Waals surface area contributed by atoms with Crippen molar-refractivity contribution in [2.45, 2.75) is 26.3 Å². The molecule has 1 rings (SSSR count). The van der Waals surface area contributed by atoms with E-state index in [-0.39, 0.29) is 24.1 Å². The highest BCUT2D eigenvalue weighted by molar-refractivity contribution is 5.78. The Morgan fingerprint density at radius 1 is 1.47 bits per heavy atom. The van der Waals surface area contributed by atoms with Gasteiger partial charge in [0.05, 0.1) is 11.3 Å². The maximum Gasteiger partial charge on any atom is 0.269 e. The topological polar surface area (TPSA) is 84.3 Å². The Balaban J connectivity index is 2.48. The summed E-state index contributed by atoms with van der Waals surface area (Å²) in [5.74, 6) is -0.134. The van der Waals surface area contributed by atoms with E-state index in [1.807, 2.05) is 13.8 Å². The van der Waals surface area contributed by atoms with Gasteiger partial charge >= 0.3 is 0 Å². The van der Waals surface area contributed by atoms with Crippen LogP contribution in [0.3, 0.4) is 0 Å². The van der Waals surface area contributed by atoms with Gasteiger partial charge in [0.25, 0.3) is 5.69 Å². The normalized spacial score (nSPS) is 11.9. The Hall–Kier alpha value is -1.95. The molecule has 1 amide bonds. The summed E-state index contributed by atoms with van der Waals surface area (Å²) in [6.45, 7) is 5.38. The summed E-state index contributed by atoms with van der Waals surface area (Å²) in [6.07, 6.45) is 0.153. The predicted molar refractivity (Wildman–Crippen MR) is 72.9 cm³/mol. The van der Waals surface area contributed by atoms with Crippen LogP contribution >= 0.6 is 0 Å². The number of carbonyl (C=O) groups is 1. The molecule has 0 aliphatic heterocycles. The van der Waals surface area contributed by atoms with Crippen LogP contribution in [-0.4, -0.2) is 30.0 Å². The molecule has 0 saturated carbocycles. The zero-order chi connectivity index (χ0) is 14.3. The first-order valence-corrected chi connectivity index (χ1v) is 6.26. The van der Waals surface area contributed by atoms with Crippen LogP contribution in [0.5, 0.6) is 0 Å². The van der Waals surface area contributed by atoms with Crippen LogP contribution in [0.25, 0.3) is 0 Å². The van der Waals surface area contributed by atoms with Gasteiger partial charge in [0.1, 0.15) is 0 Å². The van der Waals surface area contributed by atoms with Crippen molar-refractivity contribution in [2.75, 3.05) is 13.1 Å². The van der Waals surface area contributed by atoms with Crippen molar-refractivity contribution in [3.63, 3.8) is 0 Å². The lowest BCUT2D eigenvalue weighted by Gasteiger charge is -2.13. The highest BCUT2D eigenvalue weighted by Gasteiger charge is 2.09. The minimum atomic E-state index is -0.464. The fourth-order valence-electron chi connectivity index (χ4n) is 1.72. The molecule has 1 atom stereocenters. The quantitative estimate of drug-likeness (QED) is 0.574. The molecule has 104 valence electrons. The first-order chi connectivity index (χ1) is 9.02. The summed E-state index contributed by atoms with van der Waals surface area (Å²) in [5.41, 5.74) is 0.647. The van der Waals surface area contributed by atoms with E-state index in [1.54, 1.807) is 12.1 Å². The van der Waals surface area contributed by atoms with Gasteiger partial charge in [-0.3, -0.25) is 14.9 Å². The van der Waals surface area contributed by atoms with E-state index in [2.05, 4.69) is 10.6 Å². The van der Waals surface area contributed by atoms with Gasteiger partial charge < -0.3 is 10.6 Å². The van der Waals surface area contributed by atoms with Crippen molar-refractivity contribution in [3.8, 4) is 0 Å². The van der Waals surface area contributed by atoms with Crippen molar-refractivity contribution in [2.24, 2.45) is 0 Å². The number of amides is 1. The molecular weight excluding hydrogens is 246 g/mol. The van der Waals surface area contributed by atoms with Crippen LogP contribution in [0, 0.1) is 10.1 Å². The summed E-state index contributed by atoms with van der Waals surface area (Å²) in [6, 6.07) is 6.34. The molecule has 0 aromatic heterocycles. The molecule has 1 aromatic rings. The van der Waals surface area contributed by atoms with E-state index in [4.69, 9.17) is 0 Å². The Morgan fingerprint density at radius 2 is 2.21 bits per heavy atom. The van der Waals surface area contributed by atoms with Gasteiger partial charge in [-0.15, -0.1) is 0 Å². The molecule has 2 N–H and O–H groups in total. The summed E-state index contributed by atoms with van der Waals surface area (Å²) >= 11 is 0. The van der Waals surface area contributed by atoms with E-state index >= 15 is 0 Å². The van der Waals surface area contributed by atoms with Crippen molar-refractivity contribution in [3.05, 3.63) is 39.9 Å². The number of benzene rings is 1. The molecule has 0 spiro atoms. The SMILES string of the molecule is CCN[C@H](C)CNC(=O)Cc1cccc([N+](=O)[O-])c1. The fraction of sp³-hybridized carbons (Fsp3) is 0.462. The lowest BCUT2D eigenvalue weighted by atomic mass is 10.1. The molecule has 0 radical (unpaired) electrons. The van der Waals surface area contributed by atoms with Crippen LogP contribution < -0.4 is 10.6 Å². The van der Waals surface area contributed by atoms with Gasteiger partial charge in [-0.05, 0) is 19.0 Å². The van der Waals surface area contributed by atoms with Gasteiger partial charge in [-0.2, -0.15) is 0 Å². The minimum Gasteiger partial charge on any atom is -0.354 e. The minimum absolute atomic E-state index is 0.00585. The number of carbonyl (C=O) groups excluding carboxylic acids is 1. The Labute approximate surface area is 112 Å². The van der Waals surface area contributed by atoms with Crippen LogP contribution in [0.2, 0.25) is 0 Å². The van der Waals surface area contributed by atoms with Crippen molar-refractivity contribution in [1.29, 1.82) is 0 Å². The largest absolute Gasteiger partial charge is 0.354 e. The zero-order valence-electron chi connectivity index (χ0n) is 11.2.